The van der Waals surface area contributed by atoms with Crippen molar-refractivity contribution in [2.24, 2.45) is 12.0 Å². The maximum absolute atomic E-state index is 13.6. The zero-order chi connectivity index (χ0) is 20.7. The van der Waals surface area contributed by atoms with Crippen LogP contribution in [-0.2, 0) is 19.8 Å². The van der Waals surface area contributed by atoms with Gasteiger partial charge in [-0.05, 0) is 19.1 Å². The number of halogens is 5. The molecule has 0 aliphatic rings. The Bertz CT molecular complexity index is 810. The number of guanidine groups is 1. The van der Waals surface area contributed by atoms with Crippen molar-refractivity contribution in [1.29, 1.82) is 0 Å². The number of rotatable bonds is 7. The van der Waals surface area contributed by atoms with E-state index in [0.29, 0.717) is 19.0 Å². The molecule has 0 amide bonds. The van der Waals surface area contributed by atoms with Crippen LogP contribution >= 0.6 is 24.0 Å². The van der Waals surface area contributed by atoms with Crippen molar-refractivity contribution in [2.45, 2.75) is 19.6 Å². The first-order chi connectivity index (χ1) is 13.2. The van der Waals surface area contributed by atoms with E-state index in [4.69, 9.17) is 4.74 Å². The number of nitrogens with zero attached hydrogens (tertiary/aromatic N) is 4. The maximum atomic E-state index is 13.6. The number of hydrogen-bond donors (Lipinski definition) is 1. The van der Waals surface area contributed by atoms with Crippen molar-refractivity contribution in [2.75, 3.05) is 26.7 Å². The number of aryl methyl sites for hydroxylation is 1. The molecule has 0 aliphatic carbocycles. The van der Waals surface area contributed by atoms with Crippen LogP contribution in [0.4, 0.5) is 17.6 Å². The van der Waals surface area contributed by atoms with Gasteiger partial charge in [0.2, 0.25) is 0 Å². The summed E-state index contributed by atoms with van der Waals surface area (Å²) in [6.45, 7) is 2.76. The van der Waals surface area contributed by atoms with Gasteiger partial charge in [0.1, 0.15) is 6.61 Å². The van der Waals surface area contributed by atoms with Crippen LogP contribution in [0.2, 0.25) is 0 Å². The number of nitrogens with one attached hydrogen (secondary N) is 1. The topological polar surface area (TPSA) is 54.7 Å². The second kappa shape index (κ2) is 11.2. The summed E-state index contributed by atoms with van der Waals surface area (Å²) in [6.07, 6.45) is -3.23. The number of ether oxygens (including phenoxy) is 1. The SMILES string of the molecule is CCNC(=NCc1cn(C)nc1C(F)(F)F)N(C)CCOc1ccccc1F.I. The van der Waals surface area contributed by atoms with E-state index in [0.717, 1.165) is 4.68 Å². The Morgan fingerprint density at radius 2 is 2.00 bits per heavy atom. The lowest BCUT2D eigenvalue weighted by molar-refractivity contribution is -0.142. The maximum Gasteiger partial charge on any atom is 0.435 e. The quantitative estimate of drug-likeness (QED) is 0.258. The third kappa shape index (κ3) is 7.37. The minimum atomic E-state index is -4.54. The molecule has 0 bridgehead atoms. The molecule has 162 valence electrons. The molecule has 0 saturated carbocycles. The second-order valence-corrected chi connectivity index (χ2v) is 6.04. The normalized spacial score (nSPS) is 11.8. The van der Waals surface area contributed by atoms with Crippen LogP contribution in [0.3, 0.4) is 0 Å². The van der Waals surface area contributed by atoms with Crippen molar-refractivity contribution < 1.29 is 22.3 Å². The summed E-state index contributed by atoms with van der Waals surface area (Å²) in [5.41, 5.74) is -0.957. The molecule has 0 unspecified atom stereocenters. The lowest BCUT2D eigenvalue weighted by Gasteiger charge is -2.22. The van der Waals surface area contributed by atoms with Gasteiger partial charge in [0.05, 0.1) is 13.1 Å². The van der Waals surface area contributed by atoms with Crippen molar-refractivity contribution in [3.05, 3.63) is 47.5 Å². The summed E-state index contributed by atoms with van der Waals surface area (Å²) in [5, 5.41) is 6.49. The minimum absolute atomic E-state index is 0. The highest BCUT2D eigenvalue weighted by atomic mass is 127. The first-order valence-corrected chi connectivity index (χ1v) is 8.68. The number of hydrogen-bond acceptors (Lipinski definition) is 3. The van der Waals surface area contributed by atoms with Crippen LogP contribution in [0.15, 0.2) is 35.5 Å². The van der Waals surface area contributed by atoms with Gasteiger partial charge in [-0.1, -0.05) is 12.1 Å². The third-order valence-electron chi connectivity index (χ3n) is 3.79. The second-order valence-electron chi connectivity index (χ2n) is 6.04. The number of aromatic nitrogens is 2. The first kappa shape index (κ1) is 25.0. The number of aliphatic imine (C=N–C) groups is 1. The predicted octanol–water partition coefficient (Wildman–Crippen LogP) is 3.67. The number of likely N-dealkylation sites (N-methyl/N-ethyl adjacent to an activating group) is 1. The van der Waals surface area contributed by atoms with E-state index >= 15 is 0 Å². The van der Waals surface area contributed by atoms with Crippen LogP contribution in [0.5, 0.6) is 5.75 Å². The van der Waals surface area contributed by atoms with E-state index in [1.165, 1.54) is 25.4 Å². The number of benzene rings is 1. The summed E-state index contributed by atoms with van der Waals surface area (Å²) < 4.78 is 59.3. The molecule has 2 aromatic rings. The van der Waals surface area contributed by atoms with Crippen LogP contribution in [0.1, 0.15) is 18.2 Å². The van der Waals surface area contributed by atoms with Crippen molar-refractivity contribution >= 4 is 29.9 Å². The molecule has 0 atom stereocenters. The first-order valence-electron chi connectivity index (χ1n) is 8.68. The standard InChI is InChI=1S/C18H23F4N5O.HI/c1-4-23-17(24-11-13-12-27(3)25-16(13)18(20,21)22)26(2)9-10-28-15-8-6-5-7-14(15)19;/h5-8,12H,4,9-11H2,1-3H3,(H,23,24);1H. The molecule has 0 saturated heterocycles. The fraction of sp³-hybridized carbons (Fsp3) is 0.444. The summed E-state index contributed by atoms with van der Waals surface area (Å²) in [4.78, 5) is 5.97. The lowest BCUT2D eigenvalue weighted by atomic mass is 10.2. The molecule has 1 aromatic carbocycles. The van der Waals surface area contributed by atoms with Crippen LogP contribution < -0.4 is 10.1 Å². The Morgan fingerprint density at radius 3 is 2.62 bits per heavy atom. The molecule has 2 rings (SSSR count). The fourth-order valence-corrected chi connectivity index (χ4v) is 2.48. The third-order valence-corrected chi connectivity index (χ3v) is 3.79. The molecule has 1 aromatic heterocycles. The van der Waals surface area contributed by atoms with Crippen LogP contribution in [-0.4, -0.2) is 47.4 Å². The van der Waals surface area contributed by atoms with Gasteiger partial charge in [0.15, 0.2) is 23.2 Å². The lowest BCUT2D eigenvalue weighted by Crippen LogP contribution is -2.40. The average molecular weight is 529 g/mol. The molecule has 0 spiro atoms. The fourth-order valence-electron chi connectivity index (χ4n) is 2.48. The Balaban J connectivity index is 0.00000420. The minimum Gasteiger partial charge on any atom is -0.489 e. The summed E-state index contributed by atoms with van der Waals surface area (Å²) in [7, 11) is 3.15. The highest BCUT2D eigenvalue weighted by Gasteiger charge is 2.36. The van der Waals surface area contributed by atoms with Crippen LogP contribution in [0, 0.1) is 5.82 Å². The molecule has 1 heterocycles. The van der Waals surface area contributed by atoms with E-state index in [1.54, 1.807) is 24.1 Å². The highest BCUT2D eigenvalue weighted by Crippen LogP contribution is 2.30. The van der Waals surface area contributed by atoms with Gasteiger partial charge in [-0.3, -0.25) is 4.68 Å². The molecule has 0 radical (unpaired) electrons. The average Bonchev–Trinajstić information content (AvgIpc) is 3.01. The van der Waals surface area contributed by atoms with E-state index in [2.05, 4.69) is 15.4 Å². The highest BCUT2D eigenvalue weighted by molar-refractivity contribution is 14.0. The predicted molar refractivity (Wildman–Crippen MR) is 113 cm³/mol. The molecule has 6 nitrogen and oxygen atoms in total. The molecule has 11 heteroatoms. The molecule has 0 fully saturated rings. The number of alkyl halides is 3. The number of para-hydroxylation sites is 1. The molecule has 1 N–H and O–H groups in total. The van der Waals surface area contributed by atoms with E-state index in [-0.39, 0.29) is 48.4 Å². The summed E-state index contributed by atoms with van der Waals surface area (Å²) >= 11 is 0. The molecular formula is C18H24F4IN5O. The zero-order valence-electron chi connectivity index (χ0n) is 16.3. The Labute approximate surface area is 184 Å². The molecule has 0 aliphatic heterocycles. The van der Waals surface area contributed by atoms with Gasteiger partial charge in [0.25, 0.3) is 0 Å². The Kier molecular flexibility index (Phi) is 9.66. The summed E-state index contributed by atoms with van der Waals surface area (Å²) in [6, 6.07) is 6.06. The van der Waals surface area contributed by atoms with Gasteiger partial charge >= 0.3 is 6.18 Å². The van der Waals surface area contributed by atoms with E-state index < -0.39 is 17.7 Å². The van der Waals surface area contributed by atoms with Gasteiger partial charge in [0, 0.05) is 32.4 Å². The Morgan fingerprint density at radius 1 is 1.31 bits per heavy atom. The van der Waals surface area contributed by atoms with Crippen molar-refractivity contribution in [1.82, 2.24) is 20.0 Å². The monoisotopic (exact) mass is 529 g/mol. The summed E-state index contributed by atoms with van der Waals surface area (Å²) in [5.74, 6) is 0.0987. The van der Waals surface area contributed by atoms with E-state index in [9.17, 15) is 17.6 Å². The molecular weight excluding hydrogens is 505 g/mol. The Hall–Kier alpha value is -2.05. The zero-order valence-corrected chi connectivity index (χ0v) is 18.7. The van der Waals surface area contributed by atoms with Gasteiger partial charge in [-0.25, -0.2) is 9.38 Å². The smallest absolute Gasteiger partial charge is 0.435 e. The van der Waals surface area contributed by atoms with Crippen LogP contribution in [0.25, 0.3) is 0 Å². The van der Waals surface area contributed by atoms with Crippen molar-refractivity contribution in [3.63, 3.8) is 0 Å². The van der Waals surface area contributed by atoms with Crippen molar-refractivity contribution in [3.8, 4) is 5.75 Å². The molecule has 29 heavy (non-hydrogen) atoms. The van der Waals surface area contributed by atoms with Gasteiger partial charge < -0.3 is 15.0 Å². The largest absolute Gasteiger partial charge is 0.489 e. The van der Waals surface area contributed by atoms with Gasteiger partial charge in [-0.2, -0.15) is 18.3 Å². The van der Waals surface area contributed by atoms with Gasteiger partial charge in [-0.15, -0.1) is 24.0 Å². The van der Waals surface area contributed by atoms with E-state index in [1.807, 2.05) is 6.92 Å².